The Bertz CT molecular complexity index is 1580. The van der Waals surface area contributed by atoms with Crippen molar-refractivity contribution in [3.8, 4) is 0 Å². The van der Waals surface area contributed by atoms with Gasteiger partial charge in [-0.05, 0) is 72.3 Å². The number of carbonyl (C=O) groups is 3. The molecule has 0 radical (unpaired) electrons. The second-order valence-corrected chi connectivity index (χ2v) is 23.5. The summed E-state index contributed by atoms with van der Waals surface area (Å²) in [5.41, 5.74) is -2.81. The molecule has 4 aliphatic rings. The minimum Gasteiger partial charge on any atom is -0.462 e. The van der Waals surface area contributed by atoms with Crippen molar-refractivity contribution in [3.63, 3.8) is 0 Å². The van der Waals surface area contributed by atoms with Crippen LogP contribution in [0, 0.1) is 5.92 Å². The fourth-order valence-corrected chi connectivity index (χ4v) is 12.6. The summed E-state index contributed by atoms with van der Waals surface area (Å²) in [5, 5.41) is 34.7. The van der Waals surface area contributed by atoms with E-state index < -0.39 is 124 Å². The molecule has 0 saturated carbocycles. The lowest BCUT2D eigenvalue weighted by Crippen LogP contribution is -2.66. The van der Waals surface area contributed by atoms with Crippen LogP contribution < -0.4 is 0 Å². The van der Waals surface area contributed by atoms with Gasteiger partial charge < -0.3 is 67.3 Å². The van der Waals surface area contributed by atoms with E-state index in [0.29, 0.717) is 6.42 Å². The summed E-state index contributed by atoms with van der Waals surface area (Å²) in [4.78, 5) is 40.7. The molecule has 0 aromatic carbocycles. The van der Waals surface area contributed by atoms with Crippen molar-refractivity contribution in [3.05, 3.63) is 24.3 Å². The topological polar surface area (TPSA) is 211 Å². The Morgan fingerprint density at radius 3 is 2.09 bits per heavy atom. The van der Waals surface area contributed by atoms with E-state index >= 15 is 0 Å². The van der Waals surface area contributed by atoms with Gasteiger partial charge in [0.2, 0.25) is 0 Å². The lowest BCUT2D eigenvalue weighted by atomic mass is 9.81. The van der Waals surface area contributed by atoms with Gasteiger partial charge in [0.1, 0.15) is 53.9 Å². The molecule has 4 aliphatic heterocycles. The first kappa shape index (κ1) is 55.3. The summed E-state index contributed by atoms with van der Waals surface area (Å²) < 4.78 is 63.4. The summed E-state index contributed by atoms with van der Waals surface area (Å²) >= 11 is 0. The molecular formula is C47H81NO16Si. The van der Waals surface area contributed by atoms with E-state index in [2.05, 4.69) is 27.7 Å². The second-order valence-electron chi connectivity index (χ2n) is 18.8. The van der Waals surface area contributed by atoms with E-state index in [1.807, 2.05) is 24.3 Å². The molecule has 0 amide bonds. The molecule has 4 rings (SSSR count). The van der Waals surface area contributed by atoms with Crippen molar-refractivity contribution in [1.29, 1.82) is 0 Å². The SMILES string of the molecule is CCC(=O)OC1C(C)OC(OC2C(C)OC(O[C@@H]3[C@@H](OC)[C@H](OC(=O)CC)CC(=O)O[C@H](C)CC=CC=C[C@H](O[Si](CC)(CC)CC)[C@H](C)C[C@@]34O[C@@H]4CO)C(O)C2N(C)C)CC1(C)O. The van der Waals surface area contributed by atoms with E-state index in [1.165, 1.54) is 7.11 Å². The Labute approximate surface area is 387 Å². The minimum absolute atomic E-state index is 0.00720. The van der Waals surface area contributed by atoms with Gasteiger partial charge >= 0.3 is 17.9 Å². The van der Waals surface area contributed by atoms with Crippen molar-refractivity contribution in [2.45, 2.75) is 223 Å². The number of ether oxygens (including phenoxy) is 9. The molecule has 3 N–H and O–H groups in total. The van der Waals surface area contributed by atoms with Crippen molar-refractivity contribution in [1.82, 2.24) is 4.90 Å². The number of hydrogen-bond donors (Lipinski definition) is 3. The van der Waals surface area contributed by atoms with Crippen molar-refractivity contribution >= 4 is 26.2 Å². The van der Waals surface area contributed by atoms with E-state index in [4.69, 9.17) is 47.1 Å². The van der Waals surface area contributed by atoms with Crippen LogP contribution in [0.25, 0.3) is 0 Å². The Morgan fingerprint density at radius 1 is 0.892 bits per heavy atom. The number of esters is 3. The van der Waals surface area contributed by atoms with E-state index in [1.54, 1.807) is 60.5 Å². The molecule has 18 heteroatoms. The highest BCUT2D eigenvalue weighted by molar-refractivity contribution is 6.73. The number of methoxy groups -OCH3 is 1. The van der Waals surface area contributed by atoms with Gasteiger partial charge in [-0.15, -0.1) is 0 Å². The van der Waals surface area contributed by atoms with E-state index in [-0.39, 0.29) is 44.1 Å². The summed E-state index contributed by atoms with van der Waals surface area (Å²) in [6.07, 6.45) is -4.05. The lowest BCUT2D eigenvalue weighted by Gasteiger charge is -2.50. The van der Waals surface area contributed by atoms with Crippen molar-refractivity contribution < 1.29 is 76.8 Å². The normalized spacial score (nSPS) is 39.8. The molecule has 374 valence electrons. The molecule has 4 heterocycles. The maximum Gasteiger partial charge on any atom is 0.309 e. The summed E-state index contributed by atoms with van der Waals surface area (Å²) in [6.45, 7) is 18.3. The van der Waals surface area contributed by atoms with Crippen LogP contribution in [-0.2, 0) is 61.4 Å². The van der Waals surface area contributed by atoms with E-state index in [9.17, 15) is 29.7 Å². The van der Waals surface area contributed by atoms with Gasteiger partial charge in [-0.25, -0.2) is 0 Å². The van der Waals surface area contributed by atoms with Crippen LogP contribution in [0.5, 0.6) is 0 Å². The number of nitrogens with zero attached hydrogens (tertiary/aromatic N) is 1. The zero-order chi connectivity index (χ0) is 48.4. The molecule has 0 bridgehead atoms. The Hall–Kier alpha value is -2.33. The number of likely N-dealkylation sites (N-methyl/N-ethyl adjacent to an activating group) is 1. The van der Waals surface area contributed by atoms with E-state index in [0.717, 1.165) is 18.1 Å². The number of aliphatic hydroxyl groups excluding tert-OH is 2. The number of allylic oxidation sites excluding steroid dienone is 2. The standard InChI is InChI=1S/C47H81NO16Si/c1-14-35(50)59-33-24-37(52)56-29(7)22-20-19-21-23-32(64-65(16-3,17-4)18-5)28(6)25-47(34(27-49)63-47)44(42(33)55-13)62-45-40(53)39(48(11)12)41(30(8)58-45)61-38-26-46(10,54)43(31(9)57-38)60-36(51)15-2/h19-21,23,28-34,38-45,49,53-54H,14-18,22,24-27H2,1-13H3/t28-,29-,30?,31?,32+,33-,34-,38?,39?,40?,41?,42+,43?,44-,45?,46?,47+/m1/s1. The third kappa shape index (κ3) is 13.7. The highest BCUT2D eigenvalue weighted by Crippen LogP contribution is 2.50. The third-order valence-electron chi connectivity index (χ3n) is 13.7. The van der Waals surface area contributed by atoms with Crippen LogP contribution in [0.3, 0.4) is 0 Å². The number of epoxide rings is 1. The first-order chi connectivity index (χ1) is 30.7. The fraction of sp³-hybridized carbons (Fsp3) is 0.851. The van der Waals surface area contributed by atoms with Crippen molar-refractivity contribution in [2.75, 3.05) is 27.8 Å². The summed E-state index contributed by atoms with van der Waals surface area (Å²) in [6, 6.07) is 1.98. The molecule has 0 aromatic heterocycles. The number of aliphatic hydroxyl groups is 3. The molecule has 1 spiro atoms. The number of cyclic esters (lactones) is 1. The molecular weight excluding hydrogens is 863 g/mol. The van der Waals surface area contributed by atoms with Gasteiger partial charge in [-0.3, -0.25) is 14.4 Å². The molecule has 17 nitrogen and oxygen atoms in total. The largest absolute Gasteiger partial charge is 0.462 e. The van der Waals surface area contributed by atoms with Crippen LogP contribution in [0.15, 0.2) is 24.3 Å². The van der Waals surface area contributed by atoms with Gasteiger partial charge in [0, 0.05) is 32.8 Å². The molecule has 9 unspecified atom stereocenters. The number of carbonyl (C=O) groups excluding carboxylic acids is 3. The number of rotatable bonds is 16. The maximum absolute atomic E-state index is 13.6. The summed E-state index contributed by atoms with van der Waals surface area (Å²) in [5.74, 6) is -1.91. The van der Waals surface area contributed by atoms with Crippen molar-refractivity contribution in [2.24, 2.45) is 5.92 Å². The van der Waals surface area contributed by atoms with Gasteiger partial charge in [0.15, 0.2) is 27.0 Å². The Morgan fingerprint density at radius 2 is 1.54 bits per heavy atom. The highest BCUT2D eigenvalue weighted by atomic mass is 28.4. The predicted octanol–water partition coefficient (Wildman–Crippen LogP) is 4.72. The zero-order valence-corrected chi connectivity index (χ0v) is 42.1. The van der Waals surface area contributed by atoms with Gasteiger partial charge in [-0.1, -0.05) is 65.8 Å². The monoisotopic (exact) mass is 944 g/mol. The van der Waals surface area contributed by atoms with Crippen LogP contribution >= 0.6 is 0 Å². The fourth-order valence-electron chi connectivity index (χ4n) is 9.72. The smallest absolute Gasteiger partial charge is 0.309 e. The maximum atomic E-state index is 13.6. The lowest BCUT2D eigenvalue weighted by molar-refractivity contribution is -0.344. The third-order valence-corrected chi connectivity index (χ3v) is 18.4. The Balaban J connectivity index is 1.78. The number of hydrogen-bond acceptors (Lipinski definition) is 17. The van der Waals surface area contributed by atoms with Gasteiger partial charge in [0.05, 0.1) is 37.4 Å². The quantitative estimate of drug-likeness (QED) is 0.0827. The Kier molecular flexibility index (Phi) is 20.7. The molecule has 3 fully saturated rings. The summed E-state index contributed by atoms with van der Waals surface area (Å²) in [7, 11) is 2.80. The molecule has 0 aliphatic carbocycles. The average molecular weight is 944 g/mol. The first-order valence-electron chi connectivity index (χ1n) is 23.8. The average Bonchev–Trinajstić information content (AvgIpc) is 3.97. The highest BCUT2D eigenvalue weighted by Gasteiger charge is 2.67. The van der Waals surface area contributed by atoms with Crippen LogP contribution in [-0.4, -0.2) is 171 Å². The molecule has 17 atom stereocenters. The molecule has 0 aromatic rings. The van der Waals surface area contributed by atoms with Crippen LogP contribution in [0.4, 0.5) is 0 Å². The first-order valence-corrected chi connectivity index (χ1v) is 26.3. The zero-order valence-electron chi connectivity index (χ0n) is 41.1. The van der Waals surface area contributed by atoms with Crippen LogP contribution in [0.2, 0.25) is 18.1 Å². The van der Waals surface area contributed by atoms with Crippen LogP contribution in [0.1, 0.15) is 108 Å². The molecule has 65 heavy (non-hydrogen) atoms. The second kappa shape index (κ2) is 24.3. The van der Waals surface area contributed by atoms with Gasteiger partial charge in [0.25, 0.3) is 0 Å². The minimum atomic E-state index is -2.18. The molecule has 3 saturated heterocycles. The van der Waals surface area contributed by atoms with Gasteiger partial charge in [-0.2, -0.15) is 0 Å². The predicted molar refractivity (Wildman–Crippen MR) is 242 cm³/mol.